The number of carbonyl (C=O) groups excluding carboxylic acids is 2. The van der Waals surface area contributed by atoms with Crippen molar-refractivity contribution in [2.45, 2.75) is 40.2 Å². The van der Waals surface area contributed by atoms with Gasteiger partial charge in [-0.2, -0.15) is 5.10 Å². The summed E-state index contributed by atoms with van der Waals surface area (Å²) < 4.78 is 3.89. The molecule has 0 unspecified atom stereocenters. The van der Waals surface area contributed by atoms with Crippen LogP contribution in [0, 0.1) is 13.8 Å². The average molecular weight is 473 g/mol. The van der Waals surface area contributed by atoms with E-state index in [9.17, 15) is 9.59 Å². The number of anilines is 1. The van der Waals surface area contributed by atoms with Gasteiger partial charge in [0.15, 0.2) is 0 Å². The maximum Gasteiger partial charge on any atom is 0.255 e. The molecule has 0 aliphatic heterocycles. The molecular formula is C27H32N6O2. The van der Waals surface area contributed by atoms with Crippen LogP contribution >= 0.6 is 0 Å². The SMILES string of the molecule is CCC(=O)Nc1cc(C(=O)N(C)CCn2nc(C)cc2C)c2c(c1)nc(Cc1ccccc1)n2C. The van der Waals surface area contributed by atoms with E-state index in [2.05, 4.69) is 22.5 Å². The molecule has 2 aromatic carbocycles. The molecular weight excluding hydrogens is 440 g/mol. The Bertz CT molecular complexity index is 1370. The second-order valence-electron chi connectivity index (χ2n) is 8.92. The zero-order chi connectivity index (χ0) is 25.1. The zero-order valence-corrected chi connectivity index (χ0v) is 21.0. The number of imidazole rings is 1. The Balaban J connectivity index is 1.69. The average Bonchev–Trinajstić information content (AvgIpc) is 3.33. The third-order valence-corrected chi connectivity index (χ3v) is 6.20. The lowest BCUT2D eigenvalue weighted by molar-refractivity contribution is -0.115. The van der Waals surface area contributed by atoms with Crippen molar-refractivity contribution in [2.24, 2.45) is 7.05 Å². The fraction of sp³-hybridized carbons (Fsp3) is 0.333. The fourth-order valence-electron chi connectivity index (χ4n) is 4.27. The van der Waals surface area contributed by atoms with Crippen LogP contribution in [0.1, 0.15) is 46.5 Å². The first kappa shape index (κ1) is 24.2. The van der Waals surface area contributed by atoms with E-state index in [4.69, 9.17) is 4.98 Å². The summed E-state index contributed by atoms with van der Waals surface area (Å²) in [6, 6.07) is 15.7. The molecule has 4 aromatic rings. The smallest absolute Gasteiger partial charge is 0.255 e. The van der Waals surface area contributed by atoms with Gasteiger partial charge in [-0.1, -0.05) is 37.3 Å². The minimum Gasteiger partial charge on any atom is -0.340 e. The van der Waals surface area contributed by atoms with Crippen LogP contribution < -0.4 is 5.32 Å². The van der Waals surface area contributed by atoms with Crippen molar-refractivity contribution >= 4 is 28.5 Å². The van der Waals surface area contributed by atoms with Crippen molar-refractivity contribution in [2.75, 3.05) is 18.9 Å². The van der Waals surface area contributed by atoms with Gasteiger partial charge in [-0.25, -0.2) is 4.98 Å². The Hall–Kier alpha value is -3.94. The van der Waals surface area contributed by atoms with Gasteiger partial charge in [0.2, 0.25) is 5.91 Å². The summed E-state index contributed by atoms with van der Waals surface area (Å²) in [7, 11) is 3.73. The van der Waals surface area contributed by atoms with Crippen LogP contribution in [0.15, 0.2) is 48.5 Å². The Morgan fingerprint density at radius 1 is 1.09 bits per heavy atom. The van der Waals surface area contributed by atoms with E-state index in [1.54, 1.807) is 24.9 Å². The van der Waals surface area contributed by atoms with E-state index in [0.717, 1.165) is 28.3 Å². The van der Waals surface area contributed by atoms with Gasteiger partial charge >= 0.3 is 0 Å². The van der Waals surface area contributed by atoms with Crippen LogP contribution in [0.4, 0.5) is 5.69 Å². The third kappa shape index (κ3) is 5.26. The maximum atomic E-state index is 13.6. The number of fused-ring (bicyclic) bond motifs is 1. The summed E-state index contributed by atoms with van der Waals surface area (Å²) in [5.41, 5.74) is 5.69. The highest BCUT2D eigenvalue weighted by Gasteiger charge is 2.21. The van der Waals surface area contributed by atoms with Crippen molar-refractivity contribution < 1.29 is 9.59 Å². The molecule has 0 atom stereocenters. The molecule has 0 saturated heterocycles. The molecule has 182 valence electrons. The third-order valence-electron chi connectivity index (χ3n) is 6.20. The van der Waals surface area contributed by atoms with E-state index >= 15 is 0 Å². The largest absolute Gasteiger partial charge is 0.340 e. The standard InChI is InChI=1S/C27H32N6O2/c1-6-25(34)28-21-16-22(27(35)31(4)12-13-33-19(3)14-18(2)30-33)26-23(17-21)29-24(32(26)5)15-20-10-8-7-9-11-20/h7-11,14,16-17H,6,12-13,15H2,1-5H3,(H,28,34). The predicted molar refractivity (Wildman–Crippen MR) is 138 cm³/mol. The highest BCUT2D eigenvalue weighted by atomic mass is 16.2. The lowest BCUT2D eigenvalue weighted by Gasteiger charge is -2.19. The highest BCUT2D eigenvalue weighted by molar-refractivity contribution is 6.07. The zero-order valence-electron chi connectivity index (χ0n) is 21.0. The quantitative estimate of drug-likeness (QED) is 0.418. The summed E-state index contributed by atoms with van der Waals surface area (Å²) in [6.07, 6.45) is 0.995. The number of hydrogen-bond donors (Lipinski definition) is 1. The van der Waals surface area contributed by atoms with Crippen molar-refractivity contribution in [1.82, 2.24) is 24.2 Å². The van der Waals surface area contributed by atoms with Crippen molar-refractivity contribution in [3.63, 3.8) is 0 Å². The first-order chi connectivity index (χ1) is 16.8. The highest BCUT2D eigenvalue weighted by Crippen LogP contribution is 2.27. The minimum atomic E-state index is -0.126. The van der Waals surface area contributed by atoms with Crippen LogP contribution in [0.2, 0.25) is 0 Å². The van der Waals surface area contributed by atoms with Crippen LogP contribution in [0.3, 0.4) is 0 Å². The molecule has 0 spiro atoms. The number of amides is 2. The summed E-state index contributed by atoms with van der Waals surface area (Å²) in [5, 5.41) is 7.39. The van der Waals surface area contributed by atoms with Gasteiger partial charge in [-0.15, -0.1) is 0 Å². The van der Waals surface area contributed by atoms with Gasteiger partial charge < -0.3 is 14.8 Å². The van der Waals surface area contributed by atoms with Gasteiger partial charge in [0.1, 0.15) is 5.82 Å². The number of benzene rings is 2. The lowest BCUT2D eigenvalue weighted by Crippen LogP contribution is -2.31. The summed E-state index contributed by atoms with van der Waals surface area (Å²) in [6.45, 7) is 6.87. The van der Waals surface area contributed by atoms with Gasteiger partial charge in [-0.05, 0) is 37.6 Å². The molecule has 4 rings (SSSR count). The second-order valence-corrected chi connectivity index (χ2v) is 8.92. The molecule has 0 aliphatic rings. The van der Waals surface area contributed by atoms with E-state index < -0.39 is 0 Å². The molecule has 0 fully saturated rings. The van der Waals surface area contributed by atoms with Gasteiger partial charge in [0.25, 0.3) is 5.91 Å². The first-order valence-electron chi connectivity index (χ1n) is 11.9. The second kappa shape index (κ2) is 10.1. The van der Waals surface area contributed by atoms with E-state index in [-0.39, 0.29) is 11.8 Å². The molecule has 1 N–H and O–H groups in total. The van der Waals surface area contributed by atoms with Gasteiger partial charge in [0, 0.05) is 44.9 Å². The summed E-state index contributed by atoms with van der Waals surface area (Å²) in [5.74, 6) is 0.615. The molecule has 2 heterocycles. The van der Waals surface area contributed by atoms with Gasteiger partial charge in [-0.3, -0.25) is 14.3 Å². The number of carbonyl (C=O) groups is 2. The lowest BCUT2D eigenvalue weighted by atomic mass is 10.1. The molecule has 35 heavy (non-hydrogen) atoms. The molecule has 2 amide bonds. The number of rotatable bonds is 8. The van der Waals surface area contributed by atoms with E-state index in [1.165, 1.54) is 0 Å². The minimum absolute atomic E-state index is 0.110. The number of aromatic nitrogens is 4. The van der Waals surface area contributed by atoms with E-state index in [1.807, 2.05) is 60.5 Å². The molecule has 0 bridgehead atoms. The van der Waals surface area contributed by atoms with Crippen molar-refractivity contribution in [3.8, 4) is 0 Å². The molecule has 0 radical (unpaired) electrons. The molecule has 8 heteroatoms. The normalized spacial score (nSPS) is 11.1. The number of hydrogen-bond acceptors (Lipinski definition) is 4. The Labute approximate surface area is 205 Å². The Morgan fingerprint density at radius 2 is 1.83 bits per heavy atom. The Kier molecular flexibility index (Phi) is 7.00. The molecule has 2 aromatic heterocycles. The molecule has 8 nitrogen and oxygen atoms in total. The van der Waals surface area contributed by atoms with Crippen LogP contribution in [-0.4, -0.2) is 49.6 Å². The monoisotopic (exact) mass is 472 g/mol. The van der Waals surface area contributed by atoms with E-state index in [0.29, 0.717) is 42.7 Å². The predicted octanol–water partition coefficient (Wildman–Crippen LogP) is 4.10. The van der Waals surface area contributed by atoms with Gasteiger partial charge in [0.05, 0.1) is 28.8 Å². The summed E-state index contributed by atoms with van der Waals surface area (Å²) in [4.78, 5) is 32.3. The topological polar surface area (TPSA) is 85.1 Å². The first-order valence-corrected chi connectivity index (χ1v) is 11.9. The van der Waals surface area contributed by atoms with Crippen molar-refractivity contribution in [3.05, 3.63) is 76.9 Å². The Morgan fingerprint density at radius 3 is 2.49 bits per heavy atom. The fourth-order valence-corrected chi connectivity index (χ4v) is 4.27. The molecule has 0 aliphatic carbocycles. The maximum absolute atomic E-state index is 13.6. The summed E-state index contributed by atoms with van der Waals surface area (Å²) >= 11 is 0. The number of likely N-dealkylation sites (N-methyl/N-ethyl adjacent to an activating group) is 1. The number of aryl methyl sites for hydroxylation is 3. The number of nitrogens with zero attached hydrogens (tertiary/aromatic N) is 5. The number of nitrogens with one attached hydrogen (secondary N) is 1. The van der Waals surface area contributed by atoms with Crippen LogP contribution in [0.25, 0.3) is 11.0 Å². The molecule has 0 saturated carbocycles. The van der Waals surface area contributed by atoms with Crippen LogP contribution in [0.5, 0.6) is 0 Å². The van der Waals surface area contributed by atoms with Crippen molar-refractivity contribution in [1.29, 1.82) is 0 Å². The van der Waals surface area contributed by atoms with Crippen LogP contribution in [-0.2, 0) is 24.8 Å².